The Morgan fingerprint density at radius 3 is 2.75 bits per heavy atom. The number of hydrogen-bond acceptors (Lipinski definition) is 4. The molecule has 2 fully saturated rings. The van der Waals surface area contributed by atoms with Gasteiger partial charge < -0.3 is 9.64 Å². The highest BCUT2D eigenvalue weighted by Gasteiger charge is 2.28. The van der Waals surface area contributed by atoms with Crippen molar-refractivity contribution in [2.24, 2.45) is 5.92 Å². The lowest BCUT2D eigenvalue weighted by atomic mass is 10.2. The Bertz CT molecular complexity index is 209. The molecule has 0 aliphatic carbocycles. The largest absolute Gasteiger partial charge is 0.379 e. The van der Waals surface area contributed by atoms with Gasteiger partial charge in [-0.15, -0.1) is 0 Å². The van der Waals surface area contributed by atoms with Crippen molar-refractivity contribution in [3.8, 4) is 0 Å². The van der Waals surface area contributed by atoms with E-state index in [0.717, 1.165) is 38.1 Å². The highest BCUT2D eigenvalue weighted by atomic mass is 32.1. The molecule has 16 heavy (non-hydrogen) atoms. The van der Waals surface area contributed by atoms with Crippen molar-refractivity contribution < 1.29 is 4.74 Å². The molecule has 2 aliphatic rings. The molecule has 2 rings (SSSR count). The number of morpholine rings is 1. The van der Waals surface area contributed by atoms with Gasteiger partial charge in [0.25, 0.3) is 0 Å². The fraction of sp³-hybridized carbons (Fsp3) is 1.00. The van der Waals surface area contributed by atoms with E-state index >= 15 is 0 Å². The molecular formula is C12H24N2OS. The molecule has 0 radical (unpaired) electrons. The molecule has 2 aliphatic heterocycles. The van der Waals surface area contributed by atoms with Crippen LogP contribution in [0.25, 0.3) is 0 Å². The summed E-state index contributed by atoms with van der Waals surface area (Å²) in [6.45, 7) is 10.1. The number of hydrogen-bond donors (Lipinski definition) is 1. The van der Waals surface area contributed by atoms with Crippen LogP contribution >= 0.6 is 12.6 Å². The molecule has 0 N–H and O–H groups in total. The highest BCUT2D eigenvalue weighted by Crippen LogP contribution is 2.18. The standard InChI is InChI=1S/C12H24N2OS/c1-11(10-16)8-13-3-2-12(9-13)14-4-6-15-7-5-14/h11-12,16H,2-10H2,1H3. The second-order valence-electron chi connectivity index (χ2n) is 5.14. The molecule has 4 heteroatoms. The molecule has 3 nitrogen and oxygen atoms in total. The van der Waals surface area contributed by atoms with Gasteiger partial charge in [0.05, 0.1) is 13.2 Å². The Labute approximate surface area is 105 Å². The molecule has 0 saturated carbocycles. The van der Waals surface area contributed by atoms with Gasteiger partial charge in [-0.1, -0.05) is 6.92 Å². The number of nitrogens with zero attached hydrogens (tertiary/aromatic N) is 2. The quantitative estimate of drug-likeness (QED) is 0.742. The van der Waals surface area contributed by atoms with Crippen LogP contribution in [0.1, 0.15) is 13.3 Å². The Balaban J connectivity index is 1.74. The maximum absolute atomic E-state index is 5.40. The summed E-state index contributed by atoms with van der Waals surface area (Å²) in [5.41, 5.74) is 0. The van der Waals surface area contributed by atoms with E-state index in [1.165, 1.54) is 26.1 Å². The number of rotatable bonds is 4. The fourth-order valence-electron chi connectivity index (χ4n) is 2.72. The average Bonchev–Trinajstić information content (AvgIpc) is 2.78. The van der Waals surface area contributed by atoms with Gasteiger partial charge >= 0.3 is 0 Å². The molecule has 2 atom stereocenters. The van der Waals surface area contributed by atoms with Crippen molar-refractivity contribution >= 4 is 12.6 Å². The summed E-state index contributed by atoms with van der Waals surface area (Å²) in [4.78, 5) is 5.20. The predicted molar refractivity (Wildman–Crippen MR) is 70.3 cm³/mol. The van der Waals surface area contributed by atoms with Gasteiger partial charge in [0, 0.05) is 32.2 Å². The molecule has 0 amide bonds. The van der Waals surface area contributed by atoms with Crippen LogP contribution in [0.15, 0.2) is 0 Å². The van der Waals surface area contributed by atoms with E-state index in [0.29, 0.717) is 5.92 Å². The summed E-state index contributed by atoms with van der Waals surface area (Å²) < 4.78 is 5.40. The molecule has 94 valence electrons. The van der Waals surface area contributed by atoms with Crippen LogP contribution in [0.4, 0.5) is 0 Å². The minimum Gasteiger partial charge on any atom is -0.379 e. The Morgan fingerprint density at radius 2 is 2.06 bits per heavy atom. The van der Waals surface area contributed by atoms with Crippen LogP contribution in [0.2, 0.25) is 0 Å². The van der Waals surface area contributed by atoms with Crippen molar-refractivity contribution in [3.05, 3.63) is 0 Å². The highest BCUT2D eigenvalue weighted by molar-refractivity contribution is 7.80. The van der Waals surface area contributed by atoms with E-state index in [4.69, 9.17) is 4.74 Å². The third-order valence-electron chi connectivity index (χ3n) is 3.69. The molecule has 0 aromatic carbocycles. The zero-order valence-electron chi connectivity index (χ0n) is 10.3. The number of ether oxygens (including phenoxy) is 1. The van der Waals surface area contributed by atoms with E-state index in [-0.39, 0.29) is 0 Å². The SMILES string of the molecule is CC(CS)CN1CCC(N2CCOCC2)C1. The summed E-state index contributed by atoms with van der Waals surface area (Å²) in [6, 6.07) is 0.774. The monoisotopic (exact) mass is 244 g/mol. The fourth-order valence-corrected chi connectivity index (χ4v) is 2.83. The minimum atomic E-state index is 0.715. The summed E-state index contributed by atoms with van der Waals surface area (Å²) in [5.74, 6) is 1.71. The van der Waals surface area contributed by atoms with Gasteiger partial charge in [-0.3, -0.25) is 4.90 Å². The molecular weight excluding hydrogens is 220 g/mol. The topological polar surface area (TPSA) is 15.7 Å². The molecule has 0 bridgehead atoms. The summed E-state index contributed by atoms with van der Waals surface area (Å²) in [5, 5.41) is 0. The molecule has 2 saturated heterocycles. The van der Waals surface area contributed by atoms with E-state index in [9.17, 15) is 0 Å². The van der Waals surface area contributed by atoms with Crippen LogP contribution in [0.5, 0.6) is 0 Å². The van der Waals surface area contributed by atoms with E-state index in [1.807, 2.05) is 0 Å². The molecule has 0 aromatic heterocycles. The van der Waals surface area contributed by atoms with Crippen molar-refractivity contribution in [3.63, 3.8) is 0 Å². The van der Waals surface area contributed by atoms with Crippen molar-refractivity contribution in [2.75, 3.05) is 51.7 Å². The zero-order valence-corrected chi connectivity index (χ0v) is 11.2. The van der Waals surface area contributed by atoms with Gasteiger partial charge in [-0.05, 0) is 24.6 Å². The molecule has 2 heterocycles. The second kappa shape index (κ2) is 6.24. The second-order valence-corrected chi connectivity index (χ2v) is 5.50. The minimum absolute atomic E-state index is 0.715. The van der Waals surface area contributed by atoms with Crippen LogP contribution in [-0.2, 0) is 4.74 Å². The first-order valence-corrected chi connectivity index (χ1v) is 7.08. The van der Waals surface area contributed by atoms with E-state index in [1.54, 1.807) is 0 Å². The summed E-state index contributed by atoms with van der Waals surface area (Å²) in [6.07, 6.45) is 1.33. The third-order valence-corrected chi connectivity index (χ3v) is 4.31. The Hall–Kier alpha value is 0.230. The van der Waals surface area contributed by atoms with E-state index < -0.39 is 0 Å². The number of thiol groups is 1. The lowest BCUT2D eigenvalue weighted by Gasteiger charge is -2.32. The van der Waals surface area contributed by atoms with Crippen LogP contribution < -0.4 is 0 Å². The summed E-state index contributed by atoms with van der Waals surface area (Å²) in [7, 11) is 0. The summed E-state index contributed by atoms with van der Waals surface area (Å²) >= 11 is 4.36. The van der Waals surface area contributed by atoms with Crippen molar-refractivity contribution in [1.29, 1.82) is 0 Å². The van der Waals surface area contributed by atoms with Crippen molar-refractivity contribution in [2.45, 2.75) is 19.4 Å². The average molecular weight is 244 g/mol. The first-order chi connectivity index (χ1) is 7.79. The normalized spacial score (nSPS) is 30.8. The van der Waals surface area contributed by atoms with Crippen molar-refractivity contribution in [1.82, 2.24) is 9.80 Å². The van der Waals surface area contributed by atoms with Crippen LogP contribution in [0.3, 0.4) is 0 Å². The van der Waals surface area contributed by atoms with Crippen LogP contribution in [0, 0.1) is 5.92 Å². The first kappa shape index (κ1) is 12.7. The lowest BCUT2D eigenvalue weighted by Crippen LogP contribution is -2.45. The number of likely N-dealkylation sites (tertiary alicyclic amines) is 1. The van der Waals surface area contributed by atoms with Crippen LogP contribution in [-0.4, -0.2) is 67.5 Å². The van der Waals surface area contributed by atoms with Gasteiger partial charge in [0.1, 0.15) is 0 Å². The lowest BCUT2D eigenvalue weighted by molar-refractivity contribution is 0.0183. The van der Waals surface area contributed by atoms with Gasteiger partial charge in [-0.25, -0.2) is 0 Å². The zero-order chi connectivity index (χ0) is 11.4. The van der Waals surface area contributed by atoms with Gasteiger partial charge in [0.2, 0.25) is 0 Å². The Kier molecular flexibility index (Phi) is 4.95. The maximum Gasteiger partial charge on any atom is 0.0594 e. The molecule has 2 unspecified atom stereocenters. The predicted octanol–water partition coefficient (Wildman–Crippen LogP) is 0.959. The third kappa shape index (κ3) is 3.36. The van der Waals surface area contributed by atoms with E-state index in [2.05, 4.69) is 29.4 Å². The molecule has 0 spiro atoms. The first-order valence-electron chi connectivity index (χ1n) is 6.44. The Morgan fingerprint density at radius 1 is 1.31 bits per heavy atom. The maximum atomic E-state index is 5.40. The smallest absolute Gasteiger partial charge is 0.0594 e. The van der Waals surface area contributed by atoms with Gasteiger partial charge in [-0.2, -0.15) is 12.6 Å². The van der Waals surface area contributed by atoms with Gasteiger partial charge in [0.15, 0.2) is 0 Å². The molecule has 0 aromatic rings.